The molecule has 0 bridgehead atoms. The van der Waals surface area contributed by atoms with Crippen molar-refractivity contribution in [2.24, 2.45) is 5.92 Å². The number of piperidine rings is 1. The normalized spacial score (nSPS) is 20.2. The summed E-state index contributed by atoms with van der Waals surface area (Å²) in [5, 5.41) is 0.123. The molecule has 1 aromatic carbocycles. The molecule has 0 aromatic heterocycles. The lowest BCUT2D eigenvalue weighted by Crippen LogP contribution is -2.42. The second-order valence-corrected chi connectivity index (χ2v) is 7.14. The zero-order valence-corrected chi connectivity index (χ0v) is 13.0. The smallest absolute Gasteiger partial charge is 0.309 e. The number of carbonyl (C=O) groups excluding carboxylic acids is 1. The van der Waals surface area contributed by atoms with Gasteiger partial charge in [-0.05, 0) is 31.0 Å². The summed E-state index contributed by atoms with van der Waals surface area (Å²) in [4.78, 5) is 11.1. The minimum Gasteiger partial charge on any atom is -0.469 e. The van der Waals surface area contributed by atoms with Gasteiger partial charge in [0.15, 0.2) is 0 Å². The van der Waals surface area contributed by atoms with Gasteiger partial charge in [0.25, 0.3) is 0 Å². The highest BCUT2D eigenvalue weighted by molar-refractivity contribution is 7.89. The quantitative estimate of drug-likeness (QED) is 0.793. The van der Waals surface area contributed by atoms with E-state index >= 15 is 0 Å². The highest BCUT2D eigenvalue weighted by Gasteiger charge is 2.35. The molecule has 1 aromatic rings. The molecule has 1 fully saturated rings. The fourth-order valence-electron chi connectivity index (χ4n) is 2.34. The van der Waals surface area contributed by atoms with Crippen LogP contribution in [0.3, 0.4) is 0 Å². The Kier molecular flexibility index (Phi) is 4.85. The lowest BCUT2D eigenvalue weighted by molar-refractivity contribution is -0.146. The molecule has 21 heavy (non-hydrogen) atoms. The van der Waals surface area contributed by atoms with Gasteiger partial charge in [-0.25, -0.2) is 12.8 Å². The van der Waals surface area contributed by atoms with Gasteiger partial charge in [0, 0.05) is 18.1 Å². The van der Waals surface area contributed by atoms with Crippen LogP contribution in [0.25, 0.3) is 0 Å². The maximum Gasteiger partial charge on any atom is 0.309 e. The third kappa shape index (κ3) is 3.36. The Bertz CT molecular complexity index is 650. The van der Waals surface area contributed by atoms with Crippen LogP contribution in [0.1, 0.15) is 12.8 Å². The standard InChI is InChI=1S/C13H15ClFNO4S/c1-20-13(17)9-3-2-6-16(8-9)21(18,19)12-5-4-10(14)7-11(12)15/h4-5,7,9H,2-3,6,8H2,1H3/t9-/m0/s1. The lowest BCUT2D eigenvalue weighted by atomic mass is 10.0. The van der Waals surface area contributed by atoms with Crippen molar-refractivity contribution < 1.29 is 22.3 Å². The predicted octanol–water partition coefficient (Wildman–Crippen LogP) is 2.05. The van der Waals surface area contributed by atoms with E-state index in [2.05, 4.69) is 4.74 Å². The van der Waals surface area contributed by atoms with Crippen LogP contribution in [-0.2, 0) is 19.6 Å². The first-order chi connectivity index (χ1) is 9.86. The summed E-state index contributed by atoms with van der Waals surface area (Å²) in [6.07, 6.45) is 1.08. The molecule has 0 spiro atoms. The second kappa shape index (κ2) is 6.29. The topological polar surface area (TPSA) is 63.7 Å². The van der Waals surface area contributed by atoms with E-state index in [1.807, 2.05) is 0 Å². The number of hydrogen-bond acceptors (Lipinski definition) is 4. The highest BCUT2D eigenvalue weighted by atomic mass is 35.5. The molecule has 8 heteroatoms. The van der Waals surface area contributed by atoms with Crippen LogP contribution in [0.2, 0.25) is 5.02 Å². The van der Waals surface area contributed by atoms with E-state index in [1.54, 1.807) is 0 Å². The van der Waals surface area contributed by atoms with Crippen LogP contribution < -0.4 is 0 Å². The summed E-state index contributed by atoms with van der Waals surface area (Å²) in [5.41, 5.74) is 0. The van der Waals surface area contributed by atoms with Gasteiger partial charge in [-0.3, -0.25) is 4.79 Å². The number of hydrogen-bond donors (Lipinski definition) is 0. The molecule has 116 valence electrons. The summed E-state index contributed by atoms with van der Waals surface area (Å²) in [5.74, 6) is -1.87. The van der Waals surface area contributed by atoms with Crippen molar-refractivity contribution >= 4 is 27.6 Å². The molecular formula is C13H15ClFNO4S. The van der Waals surface area contributed by atoms with Crippen molar-refractivity contribution in [1.29, 1.82) is 0 Å². The number of ether oxygens (including phenoxy) is 1. The molecule has 1 atom stereocenters. The number of benzene rings is 1. The minimum absolute atomic E-state index is 0.00290. The van der Waals surface area contributed by atoms with E-state index in [9.17, 15) is 17.6 Å². The number of sulfonamides is 1. The molecule has 1 aliphatic heterocycles. The lowest BCUT2D eigenvalue weighted by Gasteiger charge is -2.30. The van der Waals surface area contributed by atoms with E-state index in [4.69, 9.17) is 11.6 Å². The second-order valence-electron chi connectivity index (χ2n) is 4.80. The maximum atomic E-state index is 13.8. The number of nitrogens with zero attached hydrogens (tertiary/aromatic N) is 1. The first-order valence-corrected chi connectivity index (χ1v) is 8.21. The van der Waals surface area contributed by atoms with Crippen LogP contribution in [0, 0.1) is 11.7 Å². The molecule has 0 radical (unpaired) electrons. The van der Waals surface area contributed by atoms with Crippen molar-refractivity contribution in [2.75, 3.05) is 20.2 Å². The molecule has 2 rings (SSSR count). The predicted molar refractivity (Wildman–Crippen MR) is 74.9 cm³/mol. The Morgan fingerprint density at radius 2 is 2.19 bits per heavy atom. The van der Waals surface area contributed by atoms with Gasteiger partial charge < -0.3 is 4.74 Å². The molecule has 0 aliphatic carbocycles. The minimum atomic E-state index is -3.99. The average molecular weight is 336 g/mol. The van der Waals surface area contributed by atoms with Crippen molar-refractivity contribution in [3.63, 3.8) is 0 Å². The Hall–Kier alpha value is -1.18. The fraction of sp³-hybridized carbons (Fsp3) is 0.462. The summed E-state index contributed by atoms with van der Waals surface area (Å²) in [6.45, 7) is 0.245. The number of esters is 1. The Morgan fingerprint density at radius 3 is 2.81 bits per heavy atom. The van der Waals surface area contributed by atoms with Crippen molar-refractivity contribution in [2.45, 2.75) is 17.7 Å². The van der Waals surface area contributed by atoms with Crippen LogP contribution >= 0.6 is 11.6 Å². The van der Waals surface area contributed by atoms with Gasteiger partial charge in [-0.15, -0.1) is 0 Å². The summed E-state index contributed by atoms with van der Waals surface area (Å²) >= 11 is 5.63. The molecule has 0 saturated carbocycles. The number of carbonyl (C=O) groups is 1. The molecule has 1 saturated heterocycles. The molecule has 1 heterocycles. The molecule has 0 amide bonds. The molecule has 1 aliphatic rings. The van der Waals surface area contributed by atoms with E-state index in [0.717, 1.165) is 16.4 Å². The van der Waals surface area contributed by atoms with Gasteiger partial charge in [0.1, 0.15) is 10.7 Å². The highest BCUT2D eigenvalue weighted by Crippen LogP contribution is 2.27. The van der Waals surface area contributed by atoms with E-state index in [-0.39, 0.29) is 18.1 Å². The van der Waals surface area contributed by atoms with Crippen molar-refractivity contribution in [3.05, 3.63) is 29.0 Å². The number of halogens is 2. The van der Waals surface area contributed by atoms with Gasteiger partial charge in [0.05, 0.1) is 13.0 Å². The SMILES string of the molecule is COC(=O)[C@H]1CCCN(S(=O)(=O)c2ccc(Cl)cc2F)C1. The molecular weight excluding hydrogens is 321 g/mol. The van der Waals surface area contributed by atoms with Gasteiger partial charge in [-0.1, -0.05) is 11.6 Å². The maximum absolute atomic E-state index is 13.8. The third-order valence-electron chi connectivity index (χ3n) is 3.43. The van der Waals surface area contributed by atoms with Crippen molar-refractivity contribution in [1.82, 2.24) is 4.31 Å². The Balaban J connectivity index is 2.28. The van der Waals surface area contributed by atoms with Crippen LogP contribution in [0.4, 0.5) is 4.39 Å². The van der Waals surface area contributed by atoms with Crippen LogP contribution in [-0.4, -0.2) is 38.9 Å². The first-order valence-electron chi connectivity index (χ1n) is 6.39. The monoisotopic (exact) mass is 335 g/mol. The van der Waals surface area contributed by atoms with Gasteiger partial charge >= 0.3 is 5.97 Å². The zero-order valence-electron chi connectivity index (χ0n) is 11.4. The summed E-state index contributed by atoms with van der Waals surface area (Å²) in [7, 11) is -2.73. The first kappa shape index (κ1) is 16.2. The zero-order chi connectivity index (χ0) is 15.6. The molecule has 5 nitrogen and oxygen atoms in total. The average Bonchev–Trinajstić information content (AvgIpc) is 2.46. The molecule has 0 unspecified atom stereocenters. The van der Waals surface area contributed by atoms with Crippen LogP contribution in [0.5, 0.6) is 0 Å². The Morgan fingerprint density at radius 1 is 1.48 bits per heavy atom. The summed E-state index contributed by atoms with van der Waals surface area (Å²) < 4.78 is 44.5. The number of methoxy groups -OCH3 is 1. The third-order valence-corrected chi connectivity index (χ3v) is 5.56. The van der Waals surface area contributed by atoms with Gasteiger partial charge in [0.2, 0.25) is 10.0 Å². The van der Waals surface area contributed by atoms with E-state index in [1.165, 1.54) is 13.2 Å². The summed E-state index contributed by atoms with van der Waals surface area (Å²) in [6, 6.07) is 3.41. The molecule has 0 N–H and O–H groups in total. The Labute approximate surface area is 127 Å². The fourth-order valence-corrected chi connectivity index (χ4v) is 4.07. The number of rotatable bonds is 3. The van der Waals surface area contributed by atoms with Crippen LogP contribution in [0.15, 0.2) is 23.1 Å². The van der Waals surface area contributed by atoms with Crippen molar-refractivity contribution in [3.8, 4) is 0 Å². The van der Waals surface area contributed by atoms with E-state index in [0.29, 0.717) is 12.8 Å². The van der Waals surface area contributed by atoms with Gasteiger partial charge in [-0.2, -0.15) is 4.31 Å². The largest absolute Gasteiger partial charge is 0.469 e. The van der Waals surface area contributed by atoms with E-state index < -0.39 is 32.6 Å².